The molecule has 0 fully saturated rings. The van der Waals surface area contributed by atoms with Crippen molar-refractivity contribution < 1.29 is 9.90 Å². The third kappa shape index (κ3) is 2.27. The van der Waals surface area contributed by atoms with Gasteiger partial charge >= 0.3 is 5.97 Å². The molecule has 0 amide bonds. The maximum Gasteiger partial charge on any atom is 0.341 e. The number of rotatable bonds is 2. The lowest BCUT2D eigenvalue weighted by molar-refractivity contribution is 0.0694. The zero-order valence-corrected chi connectivity index (χ0v) is 11.2. The summed E-state index contributed by atoms with van der Waals surface area (Å²) in [6, 6.07) is 6.77. The summed E-state index contributed by atoms with van der Waals surface area (Å²) >= 11 is 6.02. The van der Waals surface area contributed by atoms with E-state index in [4.69, 9.17) is 16.7 Å². The molecule has 0 bridgehead atoms. The van der Waals surface area contributed by atoms with Gasteiger partial charge in [0.2, 0.25) is 0 Å². The van der Waals surface area contributed by atoms with Crippen LogP contribution < -0.4 is 5.56 Å². The summed E-state index contributed by atoms with van der Waals surface area (Å²) in [5.74, 6) is -1.23. The van der Waals surface area contributed by atoms with Crippen LogP contribution in [0.5, 0.6) is 0 Å². The normalized spacial score (nSPS) is 10.5. The molecule has 0 aliphatic heterocycles. The van der Waals surface area contributed by atoms with Gasteiger partial charge < -0.3 is 5.11 Å². The van der Waals surface area contributed by atoms with E-state index in [0.29, 0.717) is 16.3 Å². The number of hydrogen-bond donors (Lipinski definition) is 1. The van der Waals surface area contributed by atoms with Gasteiger partial charge in [-0.15, -0.1) is 0 Å². The van der Waals surface area contributed by atoms with E-state index < -0.39 is 11.5 Å². The fourth-order valence-corrected chi connectivity index (χ4v) is 2.10. The molecule has 98 valence electrons. The third-order valence-corrected chi connectivity index (χ3v) is 3.42. The van der Waals surface area contributed by atoms with Crippen LogP contribution in [0.2, 0.25) is 5.02 Å². The highest BCUT2D eigenvalue weighted by molar-refractivity contribution is 6.31. The predicted octanol–water partition coefficient (Wildman–Crippen LogP) is 2.81. The number of carboxylic acids is 1. The summed E-state index contributed by atoms with van der Waals surface area (Å²) in [4.78, 5) is 23.4. The zero-order chi connectivity index (χ0) is 14.2. The molecule has 0 unspecified atom stereocenters. The molecule has 0 spiro atoms. The van der Waals surface area contributed by atoms with Gasteiger partial charge in [0.05, 0.1) is 5.69 Å². The lowest BCUT2D eigenvalue weighted by Gasteiger charge is -2.12. The topological polar surface area (TPSA) is 59.3 Å². The van der Waals surface area contributed by atoms with Crippen molar-refractivity contribution in [1.82, 2.24) is 4.57 Å². The van der Waals surface area contributed by atoms with Crippen LogP contribution in [0, 0.1) is 13.8 Å². The van der Waals surface area contributed by atoms with Gasteiger partial charge in [-0.05, 0) is 43.2 Å². The second kappa shape index (κ2) is 4.90. The predicted molar refractivity (Wildman–Crippen MR) is 73.5 cm³/mol. The van der Waals surface area contributed by atoms with Crippen LogP contribution in [0.4, 0.5) is 0 Å². The van der Waals surface area contributed by atoms with Crippen molar-refractivity contribution in [3.8, 4) is 5.69 Å². The van der Waals surface area contributed by atoms with Gasteiger partial charge in [0.25, 0.3) is 5.56 Å². The average molecular weight is 278 g/mol. The summed E-state index contributed by atoms with van der Waals surface area (Å²) in [7, 11) is 0. The van der Waals surface area contributed by atoms with Gasteiger partial charge in [-0.2, -0.15) is 0 Å². The van der Waals surface area contributed by atoms with Crippen molar-refractivity contribution in [3.63, 3.8) is 0 Å². The van der Waals surface area contributed by atoms with Crippen LogP contribution in [0.3, 0.4) is 0 Å². The van der Waals surface area contributed by atoms with E-state index in [0.717, 1.165) is 5.56 Å². The highest BCUT2D eigenvalue weighted by Gasteiger charge is 2.16. The Morgan fingerprint density at radius 2 is 1.95 bits per heavy atom. The molecule has 0 aliphatic rings. The van der Waals surface area contributed by atoms with Crippen molar-refractivity contribution in [2.45, 2.75) is 13.8 Å². The Kier molecular flexibility index (Phi) is 3.44. The summed E-state index contributed by atoms with van der Waals surface area (Å²) < 4.78 is 1.30. The van der Waals surface area contributed by atoms with Crippen molar-refractivity contribution in [2.24, 2.45) is 0 Å². The summed E-state index contributed by atoms with van der Waals surface area (Å²) in [5, 5.41) is 9.63. The molecule has 0 saturated heterocycles. The Balaban J connectivity index is 2.78. The first-order valence-electron chi connectivity index (χ1n) is 5.64. The average Bonchev–Trinajstić information content (AvgIpc) is 2.33. The molecule has 0 radical (unpaired) electrons. The number of aromatic nitrogens is 1. The number of benzene rings is 1. The lowest BCUT2D eigenvalue weighted by Crippen LogP contribution is -2.26. The fourth-order valence-electron chi connectivity index (χ4n) is 1.93. The Morgan fingerprint density at radius 1 is 1.26 bits per heavy atom. The number of carbonyl (C=O) groups is 1. The molecule has 4 nitrogen and oxygen atoms in total. The van der Waals surface area contributed by atoms with Gasteiger partial charge in [-0.25, -0.2) is 4.79 Å². The molecule has 2 aromatic rings. The number of carboxylic acid groups (broad SMARTS) is 1. The quantitative estimate of drug-likeness (QED) is 0.918. The van der Waals surface area contributed by atoms with Crippen LogP contribution in [0.15, 0.2) is 35.3 Å². The van der Waals surface area contributed by atoms with E-state index in [1.165, 1.54) is 4.57 Å². The van der Waals surface area contributed by atoms with Crippen LogP contribution in [-0.4, -0.2) is 15.6 Å². The molecule has 0 atom stereocenters. The van der Waals surface area contributed by atoms with E-state index in [1.54, 1.807) is 44.3 Å². The Labute approximate surface area is 114 Å². The number of halogens is 1. The largest absolute Gasteiger partial charge is 0.477 e. The highest BCUT2D eigenvalue weighted by Crippen LogP contribution is 2.21. The zero-order valence-electron chi connectivity index (χ0n) is 10.5. The molecule has 0 saturated carbocycles. The van der Waals surface area contributed by atoms with E-state index in [1.807, 2.05) is 0 Å². The maximum atomic E-state index is 12.2. The number of aryl methyl sites for hydroxylation is 1. The maximum absolute atomic E-state index is 12.2. The summed E-state index contributed by atoms with van der Waals surface area (Å²) in [6.07, 6.45) is 1.56. The fraction of sp³-hybridized carbons (Fsp3) is 0.143. The van der Waals surface area contributed by atoms with Crippen molar-refractivity contribution in [3.05, 3.63) is 62.5 Å². The summed E-state index contributed by atoms with van der Waals surface area (Å²) in [5.41, 5.74) is 0.972. The first-order valence-corrected chi connectivity index (χ1v) is 6.02. The minimum atomic E-state index is -1.23. The van der Waals surface area contributed by atoms with E-state index >= 15 is 0 Å². The highest BCUT2D eigenvalue weighted by atomic mass is 35.5. The number of nitrogens with zero attached hydrogens (tertiary/aromatic N) is 1. The van der Waals surface area contributed by atoms with Crippen LogP contribution in [0.25, 0.3) is 5.69 Å². The Morgan fingerprint density at radius 3 is 2.58 bits per heavy atom. The Bertz CT molecular complexity index is 719. The molecule has 0 aliphatic carbocycles. The third-order valence-electron chi connectivity index (χ3n) is 3.01. The van der Waals surface area contributed by atoms with Gasteiger partial charge in [0, 0.05) is 11.2 Å². The minimum absolute atomic E-state index is 0.220. The minimum Gasteiger partial charge on any atom is -0.477 e. The molecule has 1 N–H and O–H groups in total. The van der Waals surface area contributed by atoms with E-state index in [2.05, 4.69) is 0 Å². The molecule has 5 heteroatoms. The lowest BCUT2D eigenvalue weighted by atomic mass is 10.1. The van der Waals surface area contributed by atoms with Crippen molar-refractivity contribution in [1.29, 1.82) is 0 Å². The van der Waals surface area contributed by atoms with Gasteiger partial charge in [0.15, 0.2) is 0 Å². The van der Waals surface area contributed by atoms with Crippen LogP contribution >= 0.6 is 11.6 Å². The number of hydrogen-bond acceptors (Lipinski definition) is 2. The van der Waals surface area contributed by atoms with E-state index in [9.17, 15) is 9.59 Å². The monoisotopic (exact) mass is 277 g/mol. The second-order valence-corrected chi connectivity index (χ2v) is 4.65. The van der Waals surface area contributed by atoms with Crippen LogP contribution in [-0.2, 0) is 0 Å². The Hall–Kier alpha value is -2.07. The number of aromatic carboxylic acids is 1. The first kappa shape index (κ1) is 13.4. The number of pyridine rings is 1. The van der Waals surface area contributed by atoms with Crippen LogP contribution in [0.1, 0.15) is 21.5 Å². The smallest absolute Gasteiger partial charge is 0.341 e. The van der Waals surface area contributed by atoms with Gasteiger partial charge in [0.1, 0.15) is 5.56 Å². The SMILES string of the molecule is Cc1ccn(-c2cccc(Cl)c2C)c(=O)c1C(=O)O. The van der Waals surface area contributed by atoms with E-state index in [-0.39, 0.29) is 5.56 Å². The molecular formula is C14H12ClNO3. The summed E-state index contributed by atoms with van der Waals surface area (Å²) in [6.45, 7) is 3.38. The molecule has 1 aromatic heterocycles. The van der Waals surface area contributed by atoms with Crippen molar-refractivity contribution >= 4 is 17.6 Å². The van der Waals surface area contributed by atoms with Gasteiger partial charge in [-0.1, -0.05) is 17.7 Å². The second-order valence-electron chi connectivity index (χ2n) is 4.24. The standard InChI is InChI=1S/C14H12ClNO3/c1-8-6-7-16(13(17)12(8)14(18)19)11-5-3-4-10(15)9(11)2/h3-7H,1-2H3,(H,18,19). The first-order chi connectivity index (χ1) is 8.93. The molecular weight excluding hydrogens is 266 g/mol. The van der Waals surface area contributed by atoms with Crippen molar-refractivity contribution in [2.75, 3.05) is 0 Å². The molecule has 2 rings (SSSR count). The molecule has 1 aromatic carbocycles. The molecule has 1 heterocycles. The van der Waals surface area contributed by atoms with Gasteiger partial charge in [-0.3, -0.25) is 9.36 Å². The molecule has 19 heavy (non-hydrogen) atoms.